The quantitative estimate of drug-likeness (QED) is 0.0261. The molecule has 6 N–H and O–H groups in total. The second kappa shape index (κ2) is 73.3. The fourth-order valence-electron chi connectivity index (χ4n) is 12.4. The number of hydrogen-bond acceptors (Lipinski definition) is 8. The second-order valence-electron chi connectivity index (χ2n) is 27.5. The molecule has 0 radical (unpaired) electrons. The number of amides is 1. The molecule has 95 heavy (non-hydrogen) atoms. The van der Waals surface area contributed by atoms with Gasteiger partial charge in [-0.1, -0.05) is 386 Å². The highest BCUT2D eigenvalue weighted by Crippen LogP contribution is 2.24. The van der Waals surface area contributed by atoms with Gasteiger partial charge in [0.15, 0.2) is 6.29 Å². The van der Waals surface area contributed by atoms with Crippen molar-refractivity contribution in [3.63, 3.8) is 0 Å². The van der Waals surface area contributed by atoms with Gasteiger partial charge in [-0.05, 0) is 89.9 Å². The number of ether oxygens (including phenoxy) is 2. The monoisotopic (exact) mass is 1330 g/mol. The van der Waals surface area contributed by atoms with Crippen LogP contribution in [0.5, 0.6) is 0 Å². The van der Waals surface area contributed by atoms with Gasteiger partial charge in [0.25, 0.3) is 0 Å². The standard InChI is InChI=1S/C86H151NO8/c1-3-5-7-9-11-13-15-17-19-21-23-25-27-29-31-33-35-37-38-39-40-41-42-44-46-48-50-52-54-56-58-60-62-64-66-68-70-72-74-76-82(90)87-79(78-94-86-85(93)84(92)83(91)81(77-88)95-86)80(89)75-73-71-69-67-65-63-61-59-57-55-53-51-49-47-45-43-36-34-32-30-28-26-24-22-20-18-16-14-12-10-8-6-4-2/h5,7,11,13,17,19,23,25,29,31,35,37,39-40,42,44,48,50,54,56,79-81,83-86,88-89,91-93H,3-4,6,8-10,12,14-16,18,20-22,24,26-28,30,32-34,36,38,41,43,45-47,49,51-53,55,57-78H2,1-2H3,(H,87,90)/b7-5-,13-11-,19-17-,25-23-,31-29-,37-35-,40-39-,44-42-,50-48-,56-54-. The number of allylic oxidation sites excluding steroid dienone is 20. The van der Waals surface area contributed by atoms with Crippen molar-refractivity contribution in [3.05, 3.63) is 122 Å². The van der Waals surface area contributed by atoms with E-state index >= 15 is 0 Å². The molecular formula is C86H151NO8. The van der Waals surface area contributed by atoms with E-state index in [1.165, 1.54) is 218 Å². The van der Waals surface area contributed by atoms with Gasteiger partial charge in [-0.15, -0.1) is 0 Å². The molecule has 0 aromatic heterocycles. The number of aliphatic hydroxyl groups is 5. The normalized spacial score (nSPS) is 18.2. The van der Waals surface area contributed by atoms with Crippen LogP contribution in [0.3, 0.4) is 0 Å². The first-order valence-corrected chi connectivity index (χ1v) is 40.2. The van der Waals surface area contributed by atoms with E-state index in [4.69, 9.17) is 9.47 Å². The van der Waals surface area contributed by atoms with Gasteiger partial charge in [0, 0.05) is 6.42 Å². The average molecular weight is 1330 g/mol. The lowest BCUT2D eigenvalue weighted by Crippen LogP contribution is -2.60. The Labute approximate surface area is 586 Å². The zero-order valence-corrected chi connectivity index (χ0v) is 61.6. The maximum atomic E-state index is 13.2. The molecular weight excluding hydrogens is 1170 g/mol. The van der Waals surface area contributed by atoms with Gasteiger partial charge in [-0.25, -0.2) is 0 Å². The largest absolute Gasteiger partial charge is 0.394 e. The molecule has 7 unspecified atom stereocenters. The fraction of sp³-hybridized carbons (Fsp3) is 0.756. The molecule has 9 heteroatoms. The topological polar surface area (TPSA) is 149 Å². The summed E-state index contributed by atoms with van der Waals surface area (Å²) in [7, 11) is 0. The summed E-state index contributed by atoms with van der Waals surface area (Å²) in [5.41, 5.74) is 0. The van der Waals surface area contributed by atoms with E-state index in [9.17, 15) is 30.3 Å². The molecule has 0 aromatic rings. The minimum absolute atomic E-state index is 0.146. The summed E-state index contributed by atoms with van der Waals surface area (Å²) in [6.45, 7) is 3.76. The Morgan fingerprint density at radius 1 is 0.368 bits per heavy atom. The molecule has 0 bridgehead atoms. The smallest absolute Gasteiger partial charge is 0.220 e. The Morgan fingerprint density at radius 2 is 0.653 bits per heavy atom. The average Bonchev–Trinajstić information content (AvgIpc) is 0.836. The van der Waals surface area contributed by atoms with E-state index in [1.807, 2.05) is 0 Å². The first-order valence-electron chi connectivity index (χ1n) is 40.2. The molecule has 1 rings (SSSR count). The molecule has 0 saturated carbocycles. The van der Waals surface area contributed by atoms with Crippen molar-refractivity contribution in [3.8, 4) is 0 Å². The van der Waals surface area contributed by atoms with Crippen molar-refractivity contribution < 1.29 is 39.8 Å². The number of carbonyl (C=O) groups is 1. The van der Waals surface area contributed by atoms with Gasteiger partial charge < -0.3 is 40.3 Å². The summed E-state index contributed by atoms with van der Waals surface area (Å²) < 4.78 is 11.4. The van der Waals surface area contributed by atoms with Crippen molar-refractivity contribution in [1.29, 1.82) is 0 Å². The van der Waals surface area contributed by atoms with Crippen LogP contribution in [-0.2, 0) is 14.3 Å². The molecule has 1 saturated heterocycles. The van der Waals surface area contributed by atoms with Crippen LogP contribution >= 0.6 is 0 Å². The number of hydrogen-bond donors (Lipinski definition) is 6. The third kappa shape index (κ3) is 61.4. The van der Waals surface area contributed by atoms with E-state index < -0.39 is 49.5 Å². The molecule has 1 aliphatic heterocycles. The third-order valence-corrected chi connectivity index (χ3v) is 18.6. The third-order valence-electron chi connectivity index (χ3n) is 18.6. The maximum absolute atomic E-state index is 13.2. The highest BCUT2D eigenvalue weighted by atomic mass is 16.7. The summed E-state index contributed by atoms with van der Waals surface area (Å²) >= 11 is 0. The van der Waals surface area contributed by atoms with Gasteiger partial charge in [0.05, 0.1) is 25.4 Å². The fourth-order valence-corrected chi connectivity index (χ4v) is 12.4. The van der Waals surface area contributed by atoms with Gasteiger partial charge in [0.1, 0.15) is 24.4 Å². The molecule has 7 atom stereocenters. The van der Waals surface area contributed by atoms with Gasteiger partial charge in [-0.2, -0.15) is 0 Å². The number of aliphatic hydroxyl groups excluding tert-OH is 5. The van der Waals surface area contributed by atoms with Crippen LogP contribution in [0.25, 0.3) is 0 Å². The molecule has 0 spiro atoms. The first-order chi connectivity index (χ1) is 46.8. The van der Waals surface area contributed by atoms with Crippen molar-refractivity contribution in [2.24, 2.45) is 0 Å². The van der Waals surface area contributed by atoms with E-state index in [-0.39, 0.29) is 12.5 Å². The number of nitrogens with one attached hydrogen (secondary N) is 1. The lowest BCUT2D eigenvalue weighted by Gasteiger charge is -2.40. The molecule has 1 amide bonds. The first kappa shape index (κ1) is 89.6. The van der Waals surface area contributed by atoms with Crippen molar-refractivity contribution in [1.82, 2.24) is 5.32 Å². The SMILES string of the molecule is CC/C=C\C/C=C\C/C=C\C/C=C\C/C=C\C/C=C\C/C=C\C/C=C\C/C=C\C/C=C\CCCCCCCCCCC(=O)NC(COC1OC(CO)C(O)C(O)C1O)C(O)CCCCCCCCCCCCCCCCCCCCCCCCCCCCCCCCCCC. The lowest BCUT2D eigenvalue weighted by atomic mass is 9.99. The lowest BCUT2D eigenvalue weighted by molar-refractivity contribution is -0.302. The van der Waals surface area contributed by atoms with Crippen LogP contribution in [0.1, 0.15) is 361 Å². The summed E-state index contributed by atoms with van der Waals surface area (Å²) in [4.78, 5) is 13.2. The number of rotatable bonds is 70. The zero-order chi connectivity index (χ0) is 68.5. The van der Waals surface area contributed by atoms with Crippen LogP contribution in [0, 0.1) is 0 Å². The highest BCUT2D eigenvalue weighted by Gasteiger charge is 2.44. The van der Waals surface area contributed by atoms with Crippen LogP contribution in [-0.4, -0.2) is 87.5 Å². The summed E-state index contributed by atoms with van der Waals surface area (Å²) in [5, 5.41) is 55.1. The van der Waals surface area contributed by atoms with E-state index in [1.54, 1.807) is 0 Å². The van der Waals surface area contributed by atoms with Crippen molar-refractivity contribution in [2.75, 3.05) is 13.2 Å². The summed E-state index contributed by atoms with van der Waals surface area (Å²) in [5.74, 6) is -0.152. The summed E-state index contributed by atoms with van der Waals surface area (Å²) in [6.07, 6.45) is 103. The Balaban J connectivity index is 2.10. The van der Waals surface area contributed by atoms with Crippen LogP contribution < -0.4 is 5.32 Å². The predicted octanol–water partition coefficient (Wildman–Crippen LogP) is 23.3. The maximum Gasteiger partial charge on any atom is 0.220 e. The molecule has 9 nitrogen and oxygen atoms in total. The second-order valence-corrected chi connectivity index (χ2v) is 27.5. The molecule has 1 heterocycles. The highest BCUT2D eigenvalue weighted by molar-refractivity contribution is 5.76. The van der Waals surface area contributed by atoms with Gasteiger partial charge >= 0.3 is 0 Å². The molecule has 1 fully saturated rings. The van der Waals surface area contributed by atoms with E-state index in [0.29, 0.717) is 12.8 Å². The Hall–Kier alpha value is -3.41. The zero-order valence-electron chi connectivity index (χ0n) is 61.6. The molecule has 1 aliphatic rings. The molecule has 0 aliphatic carbocycles. The van der Waals surface area contributed by atoms with Crippen molar-refractivity contribution in [2.45, 2.75) is 403 Å². The Kier molecular flexibility index (Phi) is 69.1. The van der Waals surface area contributed by atoms with E-state index in [2.05, 4.69) is 141 Å². The Bertz CT molecular complexity index is 1930. The minimum atomic E-state index is -1.56. The minimum Gasteiger partial charge on any atom is -0.394 e. The number of carbonyl (C=O) groups excluding carboxylic acids is 1. The van der Waals surface area contributed by atoms with Crippen LogP contribution in [0.4, 0.5) is 0 Å². The van der Waals surface area contributed by atoms with Gasteiger partial charge in [0.2, 0.25) is 5.91 Å². The summed E-state index contributed by atoms with van der Waals surface area (Å²) in [6, 6.07) is -0.735. The number of unbranched alkanes of at least 4 members (excludes halogenated alkanes) is 40. The van der Waals surface area contributed by atoms with Gasteiger partial charge in [-0.3, -0.25) is 4.79 Å². The predicted molar refractivity (Wildman–Crippen MR) is 410 cm³/mol. The van der Waals surface area contributed by atoms with Crippen LogP contribution in [0.2, 0.25) is 0 Å². The molecule has 548 valence electrons. The van der Waals surface area contributed by atoms with E-state index in [0.717, 1.165) is 116 Å². The molecule has 0 aromatic carbocycles. The Morgan fingerprint density at radius 3 is 0.968 bits per heavy atom. The van der Waals surface area contributed by atoms with Crippen molar-refractivity contribution >= 4 is 5.91 Å². The van der Waals surface area contributed by atoms with Crippen LogP contribution in [0.15, 0.2) is 122 Å².